The Labute approximate surface area is 830 Å². The van der Waals surface area contributed by atoms with Crippen LogP contribution in [-0.4, -0.2) is 19.6 Å². The molecule has 2 saturated carbocycles. The van der Waals surface area contributed by atoms with Gasteiger partial charge in [-0.3, -0.25) is 9.78 Å². The Balaban J connectivity index is 0.619. The summed E-state index contributed by atoms with van der Waals surface area (Å²) in [6.07, 6.45) is 29.2. The average Bonchev–Trinajstić information content (AvgIpc) is 1.49. The summed E-state index contributed by atoms with van der Waals surface area (Å²) in [7, 11) is 0. The number of Topliss-reactive ketones (excluding diaryl/α,β-unsaturated/α-hetero) is 1. The number of aromatic nitrogens is 3. The monoisotopic (exact) mass is 1820 g/mol. The average molecular weight is 1830 g/mol. The third-order valence-corrected chi connectivity index (χ3v) is 38.0. The van der Waals surface area contributed by atoms with Crippen molar-refractivity contribution in [2.24, 2.45) is 5.92 Å². The maximum atomic E-state index is 15.3. The van der Waals surface area contributed by atoms with Crippen molar-refractivity contribution in [3.05, 3.63) is 326 Å². The zero-order valence-corrected chi connectivity index (χ0v) is 84.7. The van der Waals surface area contributed by atoms with E-state index in [1.165, 1.54) is 272 Å². The highest BCUT2D eigenvalue weighted by Crippen LogP contribution is 2.64. The van der Waals surface area contributed by atoms with Gasteiger partial charge >= 0.3 is 0 Å². The van der Waals surface area contributed by atoms with E-state index in [9.17, 15) is 2.74 Å². The molecule has 19 aromatic rings. The molecule has 5 aromatic heterocycles. The van der Waals surface area contributed by atoms with Crippen LogP contribution in [0, 0.1) is 33.6 Å². The number of benzene rings is 14. The molecule has 0 spiro atoms. The van der Waals surface area contributed by atoms with Crippen molar-refractivity contribution in [2.75, 3.05) is 0 Å². The van der Waals surface area contributed by atoms with Gasteiger partial charge in [-0.05, 0) is 390 Å². The van der Waals surface area contributed by atoms with E-state index < -0.39 is 0 Å². The number of hydrogen-bond donors (Lipinski definition) is 0. The second-order valence-electron chi connectivity index (χ2n) is 46.8. The molecule has 0 unspecified atom stereocenters. The fourth-order valence-corrected chi connectivity index (χ4v) is 30.7. The maximum absolute atomic E-state index is 15.3. The van der Waals surface area contributed by atoms with Crippen LogP contribution in [0.1, 0.15) is 326 Å². The van der Waals surface area contributed by atoms with Crippen molar-refractivity contribution in [1.82, 2.24) is 13.8 Å². The summed E-state index contributed by atoms with van der Waals surface area (Å²) in [5.74, 6) is 0.590. The molecule has 10 aliphatic carbocycles. The van der Waals surface area contributed by atoms with Gasteiger partial charge in [-0.1, -0.05) is 292 Å². The van der Waals surface area contributed by atoms with Gasteiger partial charge in [-0.15, -0.1) is 0 Å². The smallest absolute Gasteiger partial charge is 0.166 e. The summed E-state index contributed by atoms with van der Waals surface area (Å²) in [6.45, 7) is 33.4. The molecule has 10 aliphatic rings. The molecule has 0 aliphatic heterocycles. The SMILES string of the molecule is [2H]c1c2c3cc(-c4c(C)cc(-c5ccc6c(c5)C(CCCCC)(CCCCC)c5cc(-c7ccc8c(c7)C(C)(C)c7ccccc7-8)ccc5-6)cc4C)cc4c5c6c(ncc5n(c2c([2H])c2c5cc(-c7c(C)cc(-c8ccc9c(c8)C(CCCCC)(CCCCC)c8cc(-c%10ccc%11c(c%10)C(C)(C)c%10ccccc%10-%11)ccc8-9)cc7C)cc7c8cc9c(cc8n(c12)c75)C(=O)C1CCC9CC1)c43)C1(C)CCC6(C)CC1. The topological polar surface area (TPSA) is 38.8 Å². The highest BCUT2D eigenvalue weighted by atomic mass is 16.1. The van der Waals surface area contributed by atoms with E-state index in [0.29, 0.717) is 18.0 Å². The number of carbonyl (C=O) groups excluding carboxylic acids is 1. The van der Waals surface area contributed by atoms with Gasteiger partial charge in [0.2, 0.25) is 0 Å². The first kappa shape index (κ1) is 84.4. The second-order valence-corrected chi connectivity index (χ2v) is 46.8. The highest BCUT2D eigenvalue weighted by Gasteiger charge is 2.52. The van der Waals surface area contributed by atoms with Crippen LogP contribution in [0.3, 0.4) is 0 Å². The van der Waals surface area contributed by atoms with Crippen LogP contribution >= 0.6 is 0 Å². The minimum absolute atomic E-state index is 0.0107. The molecule has 4 nitrogen and oxygen atoms in total. The van der Waals surface area contributed by atoms with Gasteiger partial charge in [0.15, 0.2) is 5.78 Å². The minimum Gasteiger partial charge on any atom is -0.308 e. The number of aryl methyl sites for hydroxylation is 4. The Hall–Kier alpha value is -12.5. The van der Waals surface area contributed by atoms with Crippen LogP contribution < -0.4 is 0 Å². The molecular formula is C136H131N3O. The van der Waals surface area contributed by atoms with Gasteiger partial charge in [0.25, 0.3) is 0 Å². The molecule has 0 N–H and O–H groups in total. The Morgan fingerprint density at radius 3 is 1.09 bits per heavy atom. The van der Waals surface area contributed by atoms with E-state index in [1.54, 1.807) is 0 Å². The molecule has 696 valence electrons. The first-order valence-electron chi connectivity index (χ1n) is 55.0. The molecule has 0 radical (unpaired) electrons. The quantitative estimate of drug-likeness (QED) is 0.0635. The van der Waals surface area contributed by atoms with Crippen molar-refractivity contribution >= 4 is 82.0 Å². The summed E-state index contributed by atoms with van der Waals surface area (Å²) in [4.78, 5) is 21.0. The van der Waals surface area contributed by atoms with Crippen LogP contribution in [0.4, 0.5) is 0 Å². The molecule has 0 amide bonds. The summed E-state index contributed by atoms with van der Waals surface area (Å²) in [6, 6.07) is 88.1. The van der Waals surface area contributed by atoms with Gasteiger partial charge in [0.05, 0.1) is 47.7 Å². The lowest BCUT2D eigenvalue weighted by molar-refractivity contribution is 0.0898. The Morgan fingerprint density at radius 1 is 0.321 bits per heavy atom. The van der Waals surface area contributed by atoms with Crippen LogP contribution in [0.15, 0.2) is 237 Å². The van der Waals surface area contributed by atoms with Crippen molar-refractivity contribution in [3.63, 3.8) is 0 Å². The van der Waals surface area contributed by atoms with Crippen LogP contribution in [0.5, 0.6) is 0 Å². The van der Waals surface area contributed by atoms with E-state index in [1.807, 2.05) is 0 Å². The van der Waals surface area contributed by atoms with Crippen LogP contribution in [-0.2, 0) is 32.5 Å². The number of fused-ring (bicyclic) bond motifs is 28. The molecule has 2 fully saturated rings. The van der Waals surface area contributed by atoms with E-state index in [-0.39, 0.29) is 44.2 Å². The van der Waals surface area contributed by atoms with Crippen molar-refractivity contribution < 1.29 is 7.54 Å². The van der Waals surface area contributed by atoms with Gasteiger partial charge < -0.3 is 8.80 Å². The summed E-state index contributed by atoms with van der Waals surface area (Å²) in [5, 5.41) is 8.26. The molecule has 14 aromatic carbocycles. The molecule has 5 heterocycles. The van der Waals surface area contributed by atoms with Crippen LogP contribution in [0.2, 0.25) is 0 Å². The lowest BCUT2D eigenvalue weighted by atomic mass is 9.53. The van der Waals surface area contributed by atoms with Gasteiger partial charge in [-0.2, -0.15) is 0 Å². The predicted octanol–water partition coefficient (Wildman–Crippen LogP) is 37.7. The fraction of sp³-hybridized carbons (Fsp3) is 0.338. The Bertz CT molecular complexity index is 8620. The van der Waals surface area contributed by atoms with E-state index in [0.717, 1.165) is 159 Å². The number of hydrogen-bond acceptors (Lipinski definition) is 2. The normalized spacial score (nSPS) is 19.5. The lowest BCUT2D eigenvalue weighted by Gasteiger charge is -2.51. The zero-order valence-electron chi connectivity index (χ0n) is 86.7. The summed E-state index contributed by atoms with van der Waals surface area (Å²) in [5.41, 5.74) is 52.1. The fourth-order valence-electron chi connectivity index (χ4n) is 30.7. The maximum Gasteiger partial charge on any atom is 0.166 e. The molecule has 4 bridgehead atoms. The van der Waals surface area contributed by atoms with E-state index >= 15 is 4.79 Å². The minimum atomic E-state index is -0.141. The molecule has 29 rings (SSSR count). The van der Waals surface area contributed by atoms with E-state index in [4.69, 9.17) is 4.98 Å². The number of nitrogens with zero attached hydrogens (tertiary/aromatic N) is 3. The third-order valence-electron chi connectivity index (χ3n) is 38.0. The zero-order chi connectivity index (χ0) is 96.7. The van der Waals surface area contributed by atoms with Gasteiger partial charge in [0.1, 0.15) is 0 Å². The Morgan fingerprint density at radius 2 is 0.671 bits per heavy atom. The number of carbonyl (C=O) groups is 1. The lowest BCUT2D eigenvalue weighted by Crippen LogP contribution is -2.45. The van der Waals surface area contributed by atoms with Gasteiger partial charge in [0, 0.05) is 81.6 Å². The first-order valence-corrected chi connectivity index (χ1v) is 54.0. The second kappa shape index (κ2) is 31.3. The molecule has 0 saturated heterocycles. The number of rotatable bonds is 22. The molecular weight excluding hydrogens is 1690 g/mol. The number of pyridine rings is 1. The molecule has 4 heteroatoms. The molecule has 0 atom stereocenters. The van der Waals surface area contributed by atoms with Crippen LogP contribution in [0.25, 0.3) is 187 Å². The van der Waals surface area contributed by atoms with Crippen molar-refractivity contribution in [2.45, 2.75) is 289 Å². The third kappa shape index (κ3) is 12.1. The van der Waals surface area contributed by atoms with E-state index in [2.05, 4.69) is 330 Å². The van der Waals surface area contributed by atoms with Crippen molar-refractivity contribution in [1.29, 1.82) is 0 Å². The van der Waals surface area contributed by atoms with Gasteiger partial charge in [-0.25, -0.2) is 0 Å². The number of unbranched alkanes of at least 4 members (excludes halogenated alkanes) is 8. The van der Waals surface area contributed by atoms with Crippen molar-refractivity contribution in [3.8, 4) is 111 Å². The largest absolute Gasteiger partial charge is 0.308 e. The summed E-state index contributed by atoms with van der Waals surface area (Å²) >= 11 is 0. The standard InChI is InChI=1S/C136H131N3O/c1-15-19-27-51-135(52-28-20-16-2)115-69-86(84-39-45-96-94-31-23-25-33-111(94)131(9,10)113(96)67-84)41-47-98(115)100-49-43-88(71-117(100)135)90-59-78(5)123(79(6)60-90)92-63-106-103-73-102-82-35-37-83(38-36-82)129(140)109(102)76-121(103)138-119-74-105-108-65-93(66-110-125-122(77-137-130-126(125)133(13)55-57-134(130,14)58-56-133)139(128(108)110)120(105)75-104(119)107(64-92)127(106)138)124-80(7)61-91(62-81(124)8)89-44-50-101-99-48-42-87(70-116(99)136(118(101)72-89,53-29-21-17-3)54-30-22-18-4)85-40-46-97-95-32-24-26-34-112(95)132(11,12)114(97)68-85/h23-26,31-34,39-50,59-77,82-83H,15-22,27-30,35-38,51-58H2,1-14H3/i74D,75D. The number of ketones is 1. The Kier molecular flexibility index (Phi) is 18.8. The molecule has 140 heavy (non-hydrogen) atoms. The first-order chi connectivity index (χ1) is 68.8. The highest BCUT2D eigenvalue weighted by molar-refractivity contribution is 6.31. The summed E-state index contributed by atoms with van der Waals surface area (Å²) < 4.78 is 27.9. The predicted molar refractivity (Wildman–Crippen MR) is 591 cm³/mol.